The molecule has 0 unspecified atom stereocenters. The maximum atomic E-state index is 12.6. The van der Waals surface area contributed by atoms with Gasteiger partial charge in [0.15, 0.2) is 5.82 Å². The van der Waals surface area contributed by atoms with E-state index in [0.29, 0.717) is 43.9 Å². The van der Waals surface area contributed by atoms with Gasteiger partial charge in [0, 0.05) is 40.0 Å². The van der Waals surface area contributed by atoms with E-state index < -0.39 is 12.1 Å². The maximum Gasteiger partial charge on any atom is 0.335 e. The van der Waals surface area contributed by atoms with Gasteiger partial charge < -0.3 is 20.0 Å². The summed E-state index contributed by atoms with van der Waals surface area (Å²) >= 11 is 0. The molecule has 1 aliphatic rings. The highest BCUT2D eigenvalue weighted by Gasteiger charge is 2.28. The van der Waals surface area contributed by atoms with Crippen LogP contribution in [-0.4, -0.2) is 69.2 Å². The topological polar surface area (TPSA) is 107 Å². The molecule has 0 radical (unpaired) electrons. The van der Waals surface area contributed by atoms with Crippen molar-refractivity contribution < 1.29 is 22.7 Å². The number of aliphatic hydroxyl groups excluding tert-OH is 1. The minimum absolute atomic E-state index is 0. The Morgan fingerprint density at radius 3 is 2.41 bits per heavy atom. The zero-order valence-electron chi connectivity index (χ0n) is 19.7. The van der Waals surface area contributed by atoms with E-state index in [1.807, 2.05) is 45.0 Å². The summed E-state index contributed by atoms with van der Waals surface area (Å²) in [4.78, 5) is 37.6. The van der Waals surface area contributed by atoms with Crippen molar-refractivity contribution in [3.05, 3.63) is 53.6 Å². The van der Waals surface area contributed by atoms with Crippen molar-refractivity contribution in [1.29, 1.82) is 0 Å². The summed E-state index contributed by atoms with van der Waals surface area (Å²) in [5.41, 5.74) is 2.64. The van der Waals surface area contributed by atoms with Gasteiger partial charge in [0.1, 0.15) is 11.9 Å². The van der Waals surface area contributed by atoms with Crippen molar-refractivity contribution in [2.75, 3.05) is 31.1 Å². The van der Waals surface area contributed by atoms with Gasteiger partial charge in [-0.25, -0.2) is 14.8 Å². The van der Waals surface area contributed by atoms with E-state index in [1.54, 1.807) is 23.1 Å². The average molecular weight is 467 g/mol. The standard InChI is InChI=1S/C26H30N4O4.2H2/c1-16(2)14-22(31)25(32)30-12-10-29(11-13-30)24-20-9-8-18(26(33)34)15-21(20)27-23(28-24)19-7-5-4-6-17(19)3;;/h4-9,15-16,22,31H,10-14H2,1-3H3,(H,33,34);2*1H/t22-;;/m1../s1. The quantitative estimate of drug-likeness (QED) is 0.568. The van der Waals surface area contributed by atoms with E-state index in [-0.39, 0.29) is 20.2 Å². The van der Waals surface area contributed by atoms with Gasteiger partial charge in [0.05, 0.1) is 11.1 Å². The first kappa shape index (κ1) is 23.6. The number of carboxylic acids is 1. The first-order chi connectivity index (χ1) is 16.2. The number of hydrogen-bond donors (Lipinski definition) is 2. The fourth-order valence-electron chi connectivity index (χ4n) is 4.33. The fraction of sp³-hybridized carbons (Fsp3) is 0.385. The van der Waals surface area contributed by atoms with Crippen LogP contribution < -0.4 is 4.90 Å². The summed E-state index contributed by atoms with van der Waals surface area (Å²) in [5, 5.41) is 20.5. The Labute approximate surface area is 201 Å². The molecule has 0 bridgehead atoms. The molecule has 0 spiro atoms. The third-order valence-corrected chi connectivity index (χ3v) is 6.18. The molecule has 8 nitrogen and oxygen atoms in total. The molecule has 2 N–H and O–H groups in total. The van der Waals surface area contributed by atoms with Crippen LogP contribution in [-0.2, 0) is 4.79 Å². The molecule has 34 heavy (non-hydrogen) atoms. The Hall–Kier alpha value is -3.52. The highest BCUT2D eigenvalue weighted by molar-refractivity contribution is 5.97. The Bertz CT molecular complexity index is 1230. The van der Waals surface area contributed by atoms with Gasteiger partial charge in [-0.15, -0.1) is 0 Å². The van der Waals surface area contributed by atoms with Crippen LogP contribution >= 0.6 is 0 Å². The number of carbonyl (C=O) groups excluding carboxylic acids is 1. The summed E-state index contributed by atoms with van der Waals surface area (Å²) in [7, 11) is 0. The lowest BCUT2D eigenvalue weighted by molar-refractivity contribution is -0.141. The second kappa shape index (κ2) is 9.77. The number of hydrogen-bond acceptors (Lipinski definition) is 6. The van der Waals surface area contributed by atoms with Gasteiger partial charge in [-0.3, -0.25) is 4.79 Å². The number of aryl methyl sites for hydroxylation is 1. The number of amides is 1. The molecule has 1 aromatic heterocycles. The molecule has 8 heteroatoms. The number of aromatic nitrogens is 2. The Balaban J connectivity index is 0.00000228. The van der Waals surface area contributed by atoms with E-state index in [1.165, 1.54) is 0 Å². The normalized spacial score (nSPS) is 15.1. The molecule has 1 saturated heterocycles. The van der Waals surface area contributed by atoms with Gasteiger partial charge >= 0.3 is 5.97 Å². The highest BCUT2D eigenvalue weighted by Crippen LogP contribution is 2.30. The number of carboxylic acid groups (broad SMARTS) is 1. The largest absolute Gasteiger partial charge is 0.478 e. The van der Waals surface area contributed by atoms with E-state index >= 15 is 0 Å². The second-order valence-corrected chi connectivity index (χ2v) is 9.18. The fourth-order valence-corrected chi connectivity index (χ4v) is 4.33. The number of piperazine rings is 1. The van der Waals surface area contributed by atoms with Crippen LogP contribution in [0.5, 0.6) is 0 Å². The predicted octanol–water partition coefficient (Wildman–Crippen LogP) is 3.85. The number of carbonyl (C=O) groups is 2. The second-order valence-electron chi connectivity index (χ2n) is 9.18. The molecule has 3 aromatic rings. The van der Waals surface area contributed by atoms with Gasteiger partial charge in [-0.2, -0.15) is 0 Å². The molecule has 1 aliphatic heterocycles. The van der Waals surface area contributed by atoms with Crippen molar-refractivity contribution >= 4 is 28.6 Å². The number of benzene rings is 2. The molecular weight excluding hydrogens is 432 g/mol. The van der Waals surface area contributed by atoms with Gasteiger partial charge in [-0.05, 0) is 43.0 Å². The number of anilines is 1. The third kappa shape index (κ3) is 4.87. The summed E-state index contributed by atoms with van der Waals surface area (Å²) < 4.78 is 0. The summed E-state index contributed by atoms with van der Waals surface area (Å²) in [5.74, 6) is 0.256. The third-order valence-electron chi connectivity index (χ3n) is 6.18. The minimum Gasteiger partial charge on any atom is -0.478 e. The summed E-state index contributed by atoms with van der Waals surface area (Å²) in [6.07, 6.45) is -0.532. The summed E-state index contributed by atoms with van der Waals surface area (Å²) in [6.45, 7) is 8.02. The Kier molecular flexibility index (Phi) is 6.79. The number of fused-ring (bicyclic) bond motifs is 1. The smallest absolute Gasteiger partial charge is 0.335 e. The summed E-state index contributed by atoms with van der Waals surface area (Å²) in [6, 6.07) is 12.7. The van der Waals surface area contributed by atoms with Crippen molar-refractivity contribution in [1.82, 2.24) is 14.9 Å². The number of aromatic carboxylic acids is 1. The molecule has 1 atom stereocenters. The lowest BCUT2D eigenvalue weighted by atomic mass is 10.0. The van der Waals surface area contributed by atoms with E-state index in [9.17, 15) is 19.8 Å². The van der Waals surface area contributed by atoms with Crippen molar-refractivity contribution in [3.63, 3.8) is 0 Å². The number of rotatable bonds is 6. The van der Waals surface area contributed by atoms with Crippen LogP contribution in [0.25, 0.3) is 22.3 Å². The van der Waals surface area contributed by atoms with Crippen molar-refractivity contribution in [2.45, 2.75) is 33.3 Å². The Morgan fingerprint density at radius 1 is 1.06 bits per heavy atom. The van der Waals surface area contributed by atoms with Crippen LogP contribution in [0.1, 0.15) is 39.0 Å². The molecule has 4 rings (SSSR count). The first-order valence-electron chi connectivity index (χ1n) is 11.6. The first-order valence-corrected chi connectivity index (χ1v) is 11.6. The van der Waals surface area contributed by atoms with Crippen LogP contribution in [0.3, 0.4) is 0 Å². The van der Waals surface area contributed by atoms with E-state index in [2.05, 4.69) is 4.90 Å². The van der Waals surface area contributed by atoms with Crippen LogP contribution in [0.4, 0.5) is 5.82 Å². The van der Waals surface area contributed by atoms with Gasteiger partial charge in [0.2, 0.25) is 0 Å². The SMILES string of the molecule is Cc1ccccc1-c1nc(N2CCN(C(=O)[C@H](O)CC(C)C)CC2)c2ccc(C(=O)O)cc2n1.[HH].[HH]. The predicted molar refractivity (Wildman–Crippen MR) is 135 cm³/mol. The minimum atomic E-state index is -1.01. The maximum absolute atomic E-state index is 12.6. The van der Waals surface area contributed by atoms with Gasteiger partial charge in [-0.1, -0.05) is 38.1 Å². The number of nitrogens with zero attached hydrogens (tertiary/aromatic N) is 4. The molecular formula is C26H34N4O4. The molecule has 1 amide bonds. The van der Waals surface area contributed by atoms with Crippen molar-refractivity contribution in [3.8, 4) is 11.4 Å². The zero-order chi connectivity index (χ0) is 24.4. The van der Waals surface area contributed by atoms with E-state index in [4.69, 9.17) is 9.97 Å². The van der Waals surface area contributed by atoms with Crippen LogP contribution in [0.15, 0.2) is 42.5 Å². The van der Waals surface area contributed by atoms with Gasteiger partial charge in [0.25, 0.3) is 5.91 Å². The number of aliphatic hydroxyl groups is 1. The van der Waals surface area contributed by atoms with Crippen molar-refractivity contribution in [2.24, 2.45) is 5.92 Å². The zero-order valence-corrected chi connectivity index (χ0v) is 19.7. The van der Waals surface area contributed by atoms with E-state index in [0.717, 1.165) is 22.3 Å². The van der Waals surface area contributed by atoms with Crippen LogP contribution in [0.2, 0.25) is 0 Å². The monoisotopic (exact) mass is 466 g/mol. The molecule has 0 aliphatic carbocycles. The van der Waals surface area contributed by atoms with Crippen LogP contribution in [0, 0.1) is 12.8 Å². The lowest BCUT2D eigenvalue weighted by Crippen LogP contribution is -2.52. The molecule has 0 saturated carbocycles. The average Bonchev–Trinajstić information content (AvgIpc) is 2.82. The Morgan fingerprint density at radius 2 is 1.76 bits per heavy atom. The molecule has 2 aromatic carbocycles. The molecule has 2 heterocycles. The molecule has 1 fully saturated rings. The highest BCUT2D eigenvalue weighted by atomic mass is 16.4. The lowest BCUT2D eigenvalue weighted by Gasteiger charge is -2.37. The molecule has 182 valence electrons.